The Hall–Kier alpha value is -1.40. The zero-order chi connectivity index (χ0) is 17.8. The van der Waals surface area contributed by atoms with Crippen molar-refractivity contribution in [2.45, 2.75) is 44.3 Å². The minimum atomic E-state index is -0.590. The van der Waals surface area contributed by atoms with Gasteiger partial charge in [0.1, 0.15) is 11.3 Å². The van der Waals surface area contributed by atoms with E-state index < -0.39 is 5.97 Å². The maximum absolute atomic E-state index is 12.0. The van der Waals surface area contributed by atoms with Crippen LogP contribution in [0.5, 0.6) is 5.75 Å². The Balaban J connectivity index is 2.45. The van der Waals surface area contributed by atoms with Crippen molar-refractivity contribution in [1.29, 1.82) is 0 Å². The van der Waals surface area contributed by atoms with Gasteiger partial charge in [-0.1, -0.05) is 53.6 Å². The van der Waals surface area contributed by atoms with Crippen LogP contribution in [0.2, 0.25) is 0 Å². The highest BCUT2D eigenvalue weighted by Gasteiger charge is 2.15. The molecule has 0 aliphatic heterocycles. The molecule has 0 radical (unpaired) electrons. The van der Waals surface area contributed by atoms with Crippen molar-refractivity contribution in [1.82, 2.24) is 0 Å². The lowest BCUT2D eigenvalue weighted by atomic mass is 10.1. The van der Waals surface area contributed by atoms with Crippen LogP contribution in [0.3, 0.4) is 0 Å². The van der Waals surface area contributed by atoms with E-state index in [-0.39, 0.29) is 17.3 Å². The average Bonchev–Trinajstić information content (AvgIpc) is 2.58. The van der Waals surface area contributed by atoms with Crippen molar-refractivity contribution in [2.24, 2.45) is 0 Å². The van der Waals surface area contributed by atoms with Crippen molar-refractivity contribution < 1.29 is 19.1 Å². The average molecular weight is 369 g/mol. The van der Waals surface area contributed by atoms with Crippen LogP contribution in [0.25, 0.3) is 0 Å². The molecule has 1 aromatic carbocycles. The summed E-state index contributed by atoms with van der Waals surface area (Å²) in [5.41, 5.74) is 0.216. The Morgan fingerprint density at radius 3 is 2.71 bits per heavy atom. The number of para-hydroxylation sites is 1. The van der Waals surface area contributed by atoms with Crippen LogP contribution >= 0.6 is 21.6 Å². The molecule has 0 saturated carbocycles. The minimum absolute atomic E-state index is 0.216. The smallest absolute Gasteiger partial charge is 0.346 e. The number of carbonyl (C=O) groups is 2. The molecule has 0 spiro atoms. The summed E-state index contributed by atoms with van der Waals surface area (Å²) in [4.78, 5) is 23.8. The molecular formula is C18H24O4S2. The van der Waals surface area contributed by atoms with Gasteiger partial charge < -0.3 is 9.47 Å². The van der Waals surface area contributed by atoms with Gasteiger partial charge in [0.05, 0.1) is 6.26 Å². The third-order valence-electron chi connectivity index (χ3n) is 3.37. The molecule has 1 atom stereocenters. The van der Waals surface area contributed by atoms with Crippen LogP contribution in [0.1, 0.15) is 49.4 Å². The van der Waals surface area contributed by atoms with E-state index in [1.54, 1.807) is 35.1 Å². The van der Waals surface area contributed by atoms with Crippen molar-refractivity contribution in [2.75, 3.05) is 6.26 Å². The van der Waals surface area contributed by atoms with Crippen LogP contribution in [0, 0.1) is 0 Å². The standard InChI is InChI=1S/C18H24O4S2/c1-4-14(24-23-3)10-6-9-13-17(19)22-16-12-8-7-11-15(16)18(20)21-5-2/h5,7-8,11-12,14H,2,4,6,9-10,13H2,1,3H3. The van der Waals surface area contributed by atoms with E-state index >= 15 is 0 Å². The topological polar surface area (TPSA) is 52.6 Å². The SMILES string of the molecule is C=COC(=O)c1ccccc1OC(=O)CCCCC(CC)SSC. The third kappa shape index (κ3) is 7.45. The molecule has 132 valence electrons. The Morgan fingerprint density at radius 2 is 2.04 bits per heavy atom. The molecule has 0 aliphatic rings. The van der Waals surface area contributed by atoms with Crippen molar-refractivity contribution in [3.8, 4) is 5.75 Å². The number of ether oxygens (including phenoxy) is 2. The molecule has 0 N–H and O–H groups in total. The summed E-state index contributed by atoms with van der Waals surface area (Å²) in [6, 6.07) is 6.53. The summed E-state index contributed by atoms with van der Waals surface area (Å²) >= 11 is 0. The van der Waals surface area contributed by atoms with E-state index in [4.69, 9.17) is 9.47 Å². The minimum Gasteiger partial charge on any atom is -0.431 e. The highest BCUT2D eigenvalue weighted by atomic mass is 33.1. The van der Waals surface area contributed by atoms with Crippen LogP contribution in [0.15, 0.2) is 37.1 Å². The second-order valence-electron chi connectivity index (χ2n) is 5.08. The number of hydrogen-bond acceptors (Lipinski definition) is 6. The molecule has 0 bridgehead atoms. The third-order valence-corrected chi connectivity index (χ3v) is 5.79. The van der Waals surface area contributed by atoms with Crippen LogP contribution < -0.4 is 4.74 Å². The number of carbonyl (C=O) groups excluding carboxylic acids is 2. The van der Waals surface area contributed by atoms with Gasteiger partial charge in [-0.3, -0.25) is 4.79 Å². The van der Waals surface area contributed by atoms with Crippen molar-refractivity contribution in [3.63, 3.8) is 0 Å². The summed E-state index contributed by atoms with van der Waals surface area (Å²) in [6.45, 7) is 5.53. The first-order valence-corrected chi connectivity index (χ1v) is 10.6. The summed E-state index contributed by atoms with van der Waals surface area (Å²) in [7, 11) is 3.67. The van der Waals surface area contributed by atoms with E-state index in [9.17, 15) is 9.59 Å². The fraction of sp³-hybridized carbons (Fsp3) is 0.444. The second-order valence-corrected chi connectivity index (χ2v) is 7.85. The highest BCUT2D eigenvalue weighted by Crippen LogP contribution is 2.29. The van der Waals surface area contributed by atoms with Crippen LogP contribution in [0.4, 0.5) is 0 Å². The molecule has 1 aromatic rings. The number of unbranched alkanes of at least 4 members (excludes halogenated alkanes) is 1. The lowest BCUT2D eigenvalue weighted by Gasteiger charge is -2.12. The Morgan fingerprint density at radius 1 is 1.29 bits per heavy atom. The first-order chi connectivity index (χ1) is 11.6. The summed E-state index contributed by atoms with van der Waals surface area (Å²) in [5, 5.41) is 0.630. The molecular weight excluding hydrogens is 344 g/mol. The molecule has 24 heavy (non-hydrogen) atoms. The van der Waals surface area contributed by atoms with Gasteiger partial charge in [-0.25, -0.2) is 4.79 Å². The molecule has 1 rings (SSSR count). The largest absolute Gasteiger partial charge is 0.431 e. The van der Waals surface area contributed by atoms with Gasteiger partial charge in [0.25, 0.3) is 0 Å². The normalized spacial score (nSPS) is 11.6. The molecule has 1 unspecified atom stereocenters. The molecule has 0 fully saturated rings. The zero-order valence-corrected chi connectivity index (χ0v) is 15.8. The second kappa shape index (κ2) is 12.0. The van der Waals surface area contributed by atoms with E-state index in [2.05, 4.69) is 19.8 Å². The fourth-order valence-corrected chi connectivity index (χ4v) is 4.32. The fourth-order valence-electron chi connectivity index (χ4n) is 2.13. The van der Waals surface area contributed by atoms with Crippen LogP contribution in [-0.2, 0) is 9.53 Å². The highest BCUT2D eigenvalue weighted by molar-refractivity contribution is 8.76. The Labute approximate surface area is 151 Å². The van der Waals surface area contributed by atoms with E-state index in [0.717, 1.165) is 31.9 Å². The van der Waals surface area contributed by atoms with E-state index in [1.165, 1.54) is 0 Å². The molecule has 0 saturated heterocycles. The monoisotopic (exact) mass is 368 g/mol. The lowest BCUT2D eigenvalue weighted by Crippen LogP contribution is -2.11. The molecule has 6 heteroatoms. The Kier molecular flexibility index (Phi) is 10.4. The maximum Gasteiger partial charge on any atom is 0.346 e. The summed E-state index contributed by atoms with van der Waals surface area (Å²) in [5.74, 6) is -0.702. The van der Waals surface area contributed by atoms with Gasteiger partial charge in [0.2, 0.25) is 0 Å². The zero-order valence-electron chi connectivity index (χ0n) is 14.2. The maximum atomic E-state index is 12.0. The van der Waals surface area contributed by atoms with E-state index in [1.807, 2.05) is 10.8 Å². The predicted molar refractivity (Wildman–Crippen MR) is 101 cm³/mol. The Bertz CT molecular complexity index is 546. The lowest BCUT2D eigenvalue weighted by molar-refractivity contribution is -0.134. The molecule has 0 amide bonds. The number of benzene rings is 1. The molecule has 0 aliphatic carbocycles. The van der Waals surface area contributed by atoms with Crippen molar-refractivity contribution >= 4 is 33.5 Å². The van der Waals surface area contributed by atoms with Gasteiger partial charge in [0.15, 0.2) is 0 Å². The van der Waals surface area contributed by atoms with Crippen LogP contribution in [-0.4, -0.2) is 23.4 Å². The molecule has 0 aromatic heterocycles. The number of rotatable bonds is 11. The van der Waals surface area contributed by atoms with Gasteiger partial charge in [-0.2, -0.15) is 0 Å². The number of esters is 2. The molecule has 0 heterocycles. The van der Waals surface area contributed by atoms with Gasteiger partial charge in [-0.15, -0.1) is 0 Å². The predicted octanol–water partition coefficient (Wildman–Crippen LogP) is 5.24. The first-order valence-electron chi connectivity index (χ1n) is 7.93. The van der Waals surface area contributed by atoms with E-state index in [0.29, 0.717) is 11.7 Å². The van der Waals surface area contributed by atoms with Gasteiger partial charge in [0, 0.05) is 11.7 Å². The quantitative estimate of drug-likeness (QED) is 0.175. The molecule has 4 nitrogen and oxygen atoms in total. The summed E-state index contributed by atoms with van der Waals surface area (Å²) in [6.07, 6.45) is 7.47. The first kappa shape index (κ1) is 20.6. The number of hydrogen-bond donors (Lipinski definition) is 0. The summed E-state index contributed by atoms with van der Waals surface area (Å²) < 4.78 is 10.1. The van der Waals surface area contributed by atoms with Crippen molar-refractivity contribution in [3.05, 3.63) is 42.7 Å². The van der Waals surface area contributed by atoms with Gasteiger partial charge >= 0.3 is 11.9 Å². The van der Waals surface area contributed by atoms with Gasteiger partial charge in [-0.05, 0) is 37.7 Å².